The molecule has 0 aliphatic heterocycles. The number of nitrogens with one attached hydrogen (secondary N) is 1. The van der Waals surface area contributed by atoms with E-state index in [0.717, 1.165) is 5.82 Å². The van der Waals surface area contributed by atoms with Gasteiger partial charge in [-0.15, -0.1) is 10.2 Å². The number of aryl methyl sites for hydroxylation is 1. The summed E-state index contributed by atoms with van der Waals surface area (Å²) < 4.78 is 1.80. The molecule has 0 aromatic carbocycles. The Morgan fingerprint density at radius 3 is 3.06 bits per heavy atom. The van der Waals surface area contributed by atoms with Gasteiger partial charge >= 0.3 is 5.82 Å². The highest BCUT2D eigenvalue weighted by Gasteiger charge is 2.13. The molecule has 8 heteroatoms. The van der Waals surface area contributed by atoms with Crippen LogP contribution < -0.4 is 5.32 Å². The summed E-state index contributed by atoms with van der Waals surface area (Å²) >= 11 is 0. The second-order valence-electron chi connectivity index (χ2n) is 3.67. The van der Waals surface area contributed by atoms with E-state index in [-0.39, 0.29) is 5.82 Å². The highest BCUT2D eigenvalue weighted by molar-refractivity contribution is 5.56. The molecule has 18 heavy (non-hydrogen) atoms. The van der Waals surface area contributed by atoms with Crippen LogP contribution in [0.5, 0.6) is 0 Å². The van der Waals surface area contributed by atoms with Gasteiger partial charge in [0.25, 0.3) is 0 Å². The van der Waals surface area contributed by atoms with Gasteiger partial charge in [-0.25, -0.2) is 0 Å². The maximum absolute atomic E-state index is 10.7. The molecule has 0 fully saturated rings. The topological polar surface area (TPSA) is 98.8 Å². The first-order valence-corrected chi connectivity index (χ1v) is 5.34. The van der Waals surface area contributed by atoms with E-state index in [4.69, 9.17) is 0 Å². The summed E-state index contributed by atoms with van der Waals surface area (Å²) in [5.74, 6) is 0.643. The van der Waals surface area contributed by atoms with E-state index in [1.54, 1.807) is 23.0 Å². The number of nitrogens with zero attached hydrogens (tertiary/aromatic N) is 5. The van der Waals surface area contributed by atoms with Gasteiger partial charge in [-0.1, -0.05) is 0 Å². The quantitative estimate of drug-likeness (QED) is 0.620. The molecule has 0 saturated heterocycles. The smallest absolute Gasteiger partial charge is 0.378 e. The van der Waals surface area contributed by atoms with Crippen LogP contribution >= 0.6 is 0 Å². The zero-order chi connectivity index (χ0) is 13.0. The Labute approximate surface area is 103 Å². The first kappa shape index (κ1) is 12.0. The van der Waals surface area contributed by atoms with Crippen LogP contribution in [-0.4, -0.2) is 31.2 Å². The molecular weight excluding hydrogens is 236 g/mol. The van der Waals surface area contributed by atoms with Gasteiger partial charge in [0.1, 0.15) is 24.0 Å². The van der Waals surface area contributed by atoms with Crippen LogP contribution in [-0.2, 0) is 13.5 Å². The lowest BCUT2D eigenvalue weighted by Crippen LogP contribution is -2.10. The minimum absolute atomic E-state index is 0.171. The van der Waals surface area contributed by atoms with Gasteiger partial charge in [-0.3, -0.25) is 0 Å². The van der Waals surface area contributed by atoms with E-state index in [1.807, 2.05) is 7.05 Å². The van der Waals surface area contributed by atoms with Crippen LogP contribution in [0.3, 0.4) is 0 Å². The molecule has 94 valence electrons. The average molecular weight is 248 g/mol. The Bertz CT molecular complexity index is 553. The van der Waals surface area contributed by atoms with Crippen molar-refractivity contribution in [2.75, 3.05) is 11.9 Å². The van der Waals surface area contributed by atoms with Crippen molar-refractivity contribution in [3.63, 3.8) is 0 Å². The van der Waals surface area contributed by atoms with Gasteiger partial charge < -0.3 is 20.0 Å². The Kier molecular flexibility index (Phi) is 3.46. The van der Waals surface area contributed by atoms with E-state index < -0.39 is 4.92 Å². The molecule has 0 spiro atoms. The number of hydrogen-bond donors (Lipinski definition) is 1. The number of hydrogen-bond acceptors (Lipinski definition) is 6. The van der Waals surface area contributed by atoms with Gasteiger partial charge in [-0.2, -0.15) is 0 Å². The third-order valence-electron chi connectivity index (χ3n) is 2.43. The molecule has 0 unspecified atom stereocenters. The zero-order valence-electron chi connectivity index (χ0n) is 9.78. The number of pyridine rings is 1. The van der Waals surface area contributed by atoms with Crippen LogP contribution in [0.4, 0.5) is 11.5 Å². The highest BCUT2D eigenvalue weighted by atomic mass is 16.6. The number of nitro groups is 1. The fourth-order valence-corrected chi connectivity index (χ4v) is 1.52. The van der Waals surface area contributed by atoms with Crippen molar-refractivity contribution < 1.29 is 4.92 Å². The third kappa shape index (κ3) is 2.59. The van der Waals surface area contributed by atoms with Crippen LogP contribution in [0.2, 0.25) is 0 Å². The van der Waals surface area contributed by atoms with E-state index in [1.165, 1.54) is 6.20 Å². The molecule has 0 saturated carbocycles. The maximum Gasteiger partial charge on any atom is 0.386 e. The summed E-state index contributed by atoms with van der Waals surface area (Å²) in [6.07, 6.45) is 3.64. The Hall–Kier alpha value is -2.51. The van der Waals surface area contributed by atoms with Crippen molar-refractivity contribution in [1.82, 2.24) is 19.7 Å². The minimum atomic E-state index is -0.509. The molecule has 8 nitrogen and oxygen atoms in total. The molecule has 0 aliphatic carbocycles. The van der Waals surface area contributed by atoms with Crippen molar-refractivity contribution in [2.45, 2.75) is 6.42 Å². The molecule has 0 bridgehead atoms. The van der Waals surface area contributed by atoms with Gasteiger partial charge in [0.2, 0.25) is 0 Å². The number of rotatable bonds is 5. The second kappa shape index (κ2) is 5.21. The minimum Gasteiger partial charge on any atom is -0.378 e. The summed E-state index contributed by atoms with van der Waals surface area (Å²) in [5.41, 5.74) is 0.407. The molecule has 1 N–H and O–H groups in total. The van der Waals surface area contributed by atoms with E-state index in [9.17, 15) is 10.1 Å². The molecule has 2 aromatic heterocycles. The predicted molar refractivity (Wildman–Crippen MR) is 64.1 cm³/mol. The molecule has 0 radical (unpaired) electrons. The fourth-order valence-electron chi connectivity index (χ4n) is 1.52. The summed E-state index contributed by atoms with van der Waals surface area (Å²) in [6.45, 7) is 0.527. The SMILES string of the molecule is Cn1cnnc1CCNc1cccnc1[N+](=O)[O-]. The van der Waals surface area contributed by atoms with Crippen molar-refractivity contribution >= 4 is 11.5 Å². The van der Waals surface area contributed by atoms with Crippen molar-refractivity contribution in [2.24, 2.45) is 7.05 Å². The van der Waals surface area contributed by atoms with E-state index in [2.05, 4.69) is 20.5 Å². The first-order valence-electron chi connectivity index (χ1n) is 5.34. The average Bonchev–Trinajstić information content (AvgIpc) is 2.76. The molecule has 2 heterocycles. The molecule has 2 rings (SSSR count). The molecular formula is C10H12N6O2. The van der Waals surface area contributed by atoms with Crippen LogP contribution in [0.15, 0.2) is 24.7 Å². The van der Waals surface area contributed by atoms with E-state index in [0.29, 0.717) is 18.7 Å². The Morgan fingerprint density at radius 2 is 2.39 bits per heavy atom. The second-order valence-corrected chi connectivity index (χ2v) is 3.67. The first-order chi connectivity index (χ1) is 8.68. The van der Waals surface area contributed by atoms with Crippen LogP contribution in [0, 0.1) is 10.1 Å². The van der Waals surface area contributed by atoms with Crippen molar-refractivity contribution in [3.8, 4) is 0 Å². The maximum atomic E-state index is 10.7. The van der Waals surface area contributed by atoms with Crippen LogP contribution in [0.1, 0.15) is 5.82 Å². The Morgan fingerprint density at radius 1 is 1.56 bits per heavy atom. The molecule has 2 aromatic rings. The molecule has 0 atom stereocenters. The lowest BCUT2D eigenvalue weighted by Gasteiger charge is -2.05. The van der Waals surface area contributed by atoms with Crippen LogP contribution in [0.25, 0.3) is 0 Å². The largest absolute Gasteiger partial charge is 0.386 e. The fraction of sp³-hybridized carbons (Fsp3) is 0.300. The predicted octanol–water partition coefficient (Wildman–Crippen LogP) is 0.773. The summed E-state index contributed by atoms with van der Waals surface area (Å²) in [4.78, 5) is 14.0. The highest BCUT2D eigenvalue weighted by Crippen LogP contribution is 2.19. The zero-order valence-corrected chi connectivity index (χ0v) is 9.78. The summed E-state index contributed by atoms with van der Waals surface area (Å²) in [6, 6.07) is 3.28. The van der Waals surface area contributed by atoms with Gasteiger partial charge in [0.15, 0.2) is 0 Å². The summed E-state index contributed by atoms with van der Waals surface area (Å²) in [7, 11) is 1.85. The van der Waals surface area contributed by atoms with E-state index >= 15 is 0 Å². The molecule has 0 aliphatic rings. The van der Waals surface area contributed by atoms with Crippen molar-refractivity contribution in [3.05, 3.63) is 40.6 Å². The Balaban J connectivity index is 1.99. The number of anilines is 1. The lowest BCUT2D eigenvalue weighted by atomic mass is 10.3. The van der Waals surface area contributed by atoms with Gasteiger partial charge in [-0.05, 0) is 22.0 Å². The lowest BCUT2D eigenvalue weighted by molar-refractivity contribution is -0.388. The van der Waals surface area contributed by atoms with Crippen molar-refractivity contribution in [1.29, 1.82) is 0 Å². The standard InChI is InChI=1S/C10H12N6O2/c1-15-7-13-14-9(15)4-6-11-8-3-2-5-12-10(8)16(17)18/h2-3,5,7,11H,4,6H2,1H3. The number of aromatic nitrogens is 4. The monoisotopic (exact) mass is 248 g/mol. The molecule has 0 amide bonds. The van der Waals surface area contributed by atoms with Gasteiger partial charge in [0.05, 0.1) is 0 Å². The summed E-state index contributed by atoms with van der Waals surface area (Å²) in [5, 5.41) is 21.4. The van der Waals surface area contributed by atoms with Gasteiger partial charge in [0, 0.05) is 20.0 Å². The third-order valence-corrected chi connectivity index (χ3v) is 2.43. The normalized spacial score (nSPS) is 10.3.